The summed E-state index contributed by atoms with van der Waals surface area (Å²) >= 11 is 3.38. The van der Waals surface area contributed by atoms with E-state index in [1.807, 2.05) is 0 Å². The standard InChI is InChI=1S/C20H28BrNO5/c1-5-26-17(23)13-20(25,14-8-10-15(21)11-9-14)16-7-6-12-22(16)18(24)27-19(2,3)4/h8-11,16,25H,5-7,12-13H2,1-4H3/t16-,20-/m0/s1. The minimum atomic E-state index is -1.56. The summed E-state index contributed by atoms with van der Waals surface area (Å²) < 4.78 is 11.4. The van der Waals surface area contributed by atoms with E-state index in [0.717, 1.165) is 10.9 Å². The lowest BCUT2D eigenvalue weighted by atomic mass is 9.82. The fourth-order valence-corrected chi connectivity index (χ4v) is 3.65. The van der Waals surface area contributed by atoms with Crippen molar-refractivity contribution >= 4 is 28.0 Å². The summed E-state index contributed by atoms with van der Waals surface area (Å²) in [5.41, 5.74) is -1.62. The van der Waals surface area contributed by atoms with Crippen LogP contribution in [0.5, 0.6) is 0 Å². The lowest BCUT2D eigenvalue weighted by molar-refractivity contribution is -0.152. The molecule has 0 aromatic heterocycles. The fraction of sp³-hybridized carbons (Fsp3) is 0.600. The molecule has 0 bridgehead atoms. The molecule has 6 nitrogen and oxygen atoms in total. The molecule has 1 fully saturated rings. The summed E-state index contributed by atoms with van der Waals surface area (Å²) in [6.45, 7) is 7.83. The van der Waals surface area contributed by atoms with Crippen molar-refractivity contribution in [2.24, 2.45) is 0 Å². The molecule has 1 amide bonds. The summed E-state index contributed by atoms with van der Waals surface area (Å²) in [7, 11) is 0. The second-order valence-electron chi connectivity index (χ2n) is 7.74. The van der Waals surface area contributed by atoms with Crippen LogP contribution < -0.4 is 0 Å². The number of ether oxygens (including phenoxy) is 2. The predicted octanol–water partition coefficient (Wildman–Crippen LogP) is 3.99. The first-order chi connectivity index (χ1) is 12.6. The first-order valence-corrected chi connectivity index (χ1v) is 10.00. The third-order valence-corrected chi connectivity index (χ3v) is 5.02. The van der Waals surface area contributed by atoms with Crippen LogP contribution in [-0.4, -0.2) is 46.9 Å². The molecule has 0 radical (unpaired) electrons. The number of esters is 1. The molecule has 27 heavy (non-hydrogen) atoms. The van der Waals surface area contributed by atoms with Crippen LogP contribution in [-0.2, 0) is 19.9 Å². The van der Waals surface area contributed by atoms with E-state index in [2.05, 4.69) is 15.9 Å². The number of hydrogen-bond donors (Lipinski definition) is 1. The molecule has 1 aromatic carbocycles. The summed E-state index contributed by atoms with van der Waals surface area (Å²) in [4.78, 5) is 26.5. The molecule has 7 heteroatoms. The number of hydrogen-bond acceptors (Lipinski definition) is 5. The molecule has 1 saturated heterocycles. The number of aliphatic hydroxyl groups is 1. The normalized spacial score (nSPS) is 19.5. The molecule has 1 aromatic rings. The highest BCUT2D eigenvalue weighted by molar-refractivity contribution is 9.10. The van der Waals surface area contributed by atoms with Crippen LogP contribution in [0, 0.1) is 0 Å². The third kappa shape index (κ3) is 5.45. The Morgan fingerprint density at radius 2 is 1.89 bits per heavy atom. The minimum absolute atomic E-state index is 0.230. The highest BCUT2D eigenvalue weighted by Gasteiger charge is 2.48. The Morgan fingerprint density at radius 3 is 2.44 bits per heavy atom. The smallest absolute Gasteiger partial charge is 0.410 e. The second-order valence-corrected chi connectivity index (χ2v) is 8.66. The van der Waals surface area contributed by atoms with E-state index in [1.54, 1.807) is 52.0 Å². The van der Waals surface area contributed by atoms with Gasteiger partial charge in [0.05, 0.1) is 19.1 Å². The summed E-state index contributed by atoms with van der Waals surface area (Å²) in [6.07, 6.45) is 0.591. The molecule has 2 atom stereocenters. The van der Waals surface area contributed by atoms with Crippen LogP contribution in [0.15, 0.2) is 28.7 Å². The molecular weight excluding hydrogens is 414 g/mol. The zero-order valence-corrected chi connectivity index (χ0v) is 17.9. The Morgan fingerprint density at radius 1 is 1.26 bits per heavy atom. The number of rotatable bonds is 5. The van der Waals surface area contributed by atoms with Gasteiger partial charge in [-0.2, -0.15) is 0 Å². The quantitative estimate of drug-likeness (QED) is 0.698. The first-order valence-electron chi connectivity index (χ1n) is 9.20. The molecule has 0 spiro atoms. The van der Waals surface area contributed by atoms with E-state index in [-0.39, 0.29) is 13.0 Å². The van der Waals surface area contributed by atoms with Crippen LogP contribution in [0.2, 0.25) is 0 Å². The van der Waals surface area contributed by atoms with E-state index in [4.69, 9.17) is 9.47 Å². The number of benzene rings is 1. The lowest BCUT2D eigenvalue weighted by Gasteiger charge is -2.39. The summed E-state index contributed by atoms with van der Waals surface area (Å²) in [5.74, 6) is -0.501. The number of amides is 1. The van der Waals surface area contributed by atoms with Crippen LogP contribution >= 0.6 is 15.9 Å². The van der Waals surface area contributed by atoms with Crippen molar-refractivity contribution in [3.05, 3.63) is 34.3 Å². The van der Waals surface area contributed by atoms with Crippen molar-refractivity contribution in [3.63, 3.8) is 0 Å². The van der Waals surface area contributed by atoms with Crippen LogP contribution in [0.4, 0.5) is 4.79 Å². The number of halogens is 1. The first kappa shape index (κ1) is 21.7. The van der Waals surface area contributed by atoms with Gasteiger partial charge in [0.2, 0.25) is 0 Å². The van der Waals surface area contributed by atoms with Gasteiger partial charge in [0.1, 0.15) is 11.2 Å². The molecule has 1 aliphatic rings. The number of likely N-dealkylation sites (tertiary alicyclic amines) is 1. The zero-order chi connectivity index (χ0) is 20.2. The highest BCUT2D eigenvalue weighted by atomic mass is 79.9. The van der Waals surface area contributed by atoms with Crippen LogP contribution in [0.25, 0.3) is 0 Å². The molecule has 2 rings (SSSR count). The Hall–Kier alpha value is -1.60. The molecule has 1 aliphatic heterocycles. The van der Waals surface area contributed by atoms with Crippen LogP contribution in [0.1, 0.15) is 52.5 Å². The number of carbonyl (C=O) groups is 2. The van der Waals surface area contributed by atoms with Gasteiger partial charge in [-0.05, 0) is 58.2 Å². The SMILES string of the molecule is CCOC(=O)C[C@](O)(c1ccc(Br)cc1)[C@@H]1CCCN1C(=O)OC(C)(C)C. The largest absolute Gasteiger partial charge is 0.466 e. The Balaban J connectivity index is 2.37. The maximum absolute atomic E-state index is 12.7. The molecule has 0 saturated carbocycles. The van der Waals surface area contributed by atoms with E-state index < -0.39 is 29.3 Å². The van der Waals surface area contributed by atoms with Gasteiger partial charge in [-0.25, -0.2) is 4.79 Å². The second kappa shape index (κ2) is 8.61. The van der Waals surface area contributed by atoms with Crippen molar-refractivity contribution in [2.45, 2.75) is 64.2 Å². The van der Waals surface area contributed by atoms with Gasteiger partial charge in [0, 0.05) is 11.0 Å². The van der Waals surface area contributed by atoms with Crippen LogP contribution in [0.3, 0.4) is 0 Å². The molecule has 0 aliphatic carbocycles. The maximum atomic E-state index is 12.7. The van der Waals surface area contributed by atoms with E-state index in [0.29, 0.717) is 18.5 Å². The van der Waals surface area contributed by atoms with Crippen molar-refractivity contribution in [1.82, 2.24) is 4.90 Å². The van der Waals surface area contributed by atoms with Crippen molar-refractivity contribution in [2.75, 3.05) is 13.2 Å². The predicted molar refractivity (Wildman–Crippen MR) is 105 cm³/mol. The highest BCUT2D eigenvalue weighted by Crippen LogP contribution is 2.39. The molecule has 0 unspecified atom stereocenters. The van der Waals surface area contributed by atoms with E-state index >= 15 is 0 Å². The van der Waals surface area contributed by atoms with Gasteiger partial charge >= 0.3 is 12.1 Å². The third-order valence-electron chi connectivity index (χ3n) is 4.50. The average molecular weight is 442 g/mol. The summed E-state index contributed by atoms with van der Waals surface area (Å²) in [6, 6.07) is 6.55. The van der Waals surface area contributed by atoms with Crippen molar-refractivity contribution in [3.8, 4) is 0 Å². The van der Waals surface area contributed by atoms with E-state index in [1.165, 1.54) is 4.90 Å². The molecule has 1 N–H and O–H groups in total. The summed E-state index contributed by atoms with van der Waals surface area (Å²) in [5, 5.41) is 11.6. The number of nitrogens with zero attached hydrogens (tertiary/aromatic N) is 1. The van der Waals surface area contributed by atoms with Gasteiger partial charge in [-0.3, -0.25) is 4.79 Å². The van der Waals surface area contributed by atoms with E-state index in [9.17, 15) is 14.7 Å². The lowest BCUT2D eigenvalue weighted by Crippen LogP contribution is -2.52. The maximum Gasteiger partial charge on any atom is 0.410 e. The van der Waals surface area contributed by atoms with Gasteiger partial charge in [0.15, 0.2) is 0 Å². The fourth-order valence-electron chi connectivity index (χ4n) is 3.39. The Kier molecular flexibility index (Phi) is 6.92. The molecule has 1 heterocycles. The molecule has 150 valence electrons. The monoisotopic (exact) mass is 441 g/mol. The van der Waals surface area contributed by atoms with Crippen molar-refractivity contribution in [1.29, 1.82) is 0 Å². The van der Waals surface area contributed by atoms with Gasteiger partial charge in [-0.1, -0.05) is 28.1 Å². The minimum Gasteiger partial charge on any atom is -0.466 e. The van der Waals surface area contributed by atoms with Gasteiger partial charge < -0.3 is 19.5 Å². The Bertz CT molecular complexity index is 670. The topological polar surface area (TPSA) is 76.1 Å². The molecular formula is C20H28BrNO5. The average Bonchev–Trinajstić information content (AvgIpc) is 3.04. The van der Waals surface area contributed by atoms with Crippen molar-refractivity contribution < 1.29 is 24.2 Å². The number of carbonyl (C=O) groups excluding carboxylic acids is 2. The van der Waals surface area contributed by atoms with Gasteiger partial charge in [-0.15, -0.1) is 0 Å². The zero-order valence-electron chi connectivity index (χ0n) is 16.3. The van der Waals surface area contributed by atoms with Gasteiger partial charge in [0.25, 0.3) is 0 Å². The Labute approximate surface area is 169 Å².